The number of esters is 1. The maximum Gasteiger partial charge on any atom is 0.309 e. The van der Waals surface area contributed by atoms with Crippen molar-refractivity contribution >= 4 is 17.8 Å². The van der Waals surface area contributed by atoms with E-state index in [4.69, 9.17) is 4.74 Å². The SMILES string of the molecule is C=CCNC(=O)CCC(=O)N1CCC(C(=O)OCC)CC1. The molecule has 0 atom stereocenters. The summed E-state index contributed by atoms with van der Waals surface area (Å²) in [6.45, 7) is 7.20. The van der Waals surface area contributed by atoms with Gasteiger partial charge in [-0.2, -0.15) is 0 Å². The molecular weight excluding hydrogens is 272 g/mol. The molecule has 1 aliphatic heterocycles. The summed E-state index contributed by atoms with van der Waals surface area (Å²) in [4.78, 5) is 36.7. The van der Waals surface area contributed by atoms with Gasteiger partial charge in [0.15, 0.2) is 0 Å². The largest absolute Gasteiger partial charge is 0.466 e. The lowest BCUT2D eigenvalue weighted by Gasteiger charge is -2.30. The predicted molar refractivity (Wildman–Crippen MR) is 78.4 cm³/mol. The zero-order valence-electron chi connectivity index (χ0n) is 12.6. The minimum Gasteiger partial charge on any atom is -0.466 e. The summed E-state index contributed by atoms with van der Waals surface area (Å²) in [6.07, 6.45) is 3.25. The molecular formula is C15H24N2O4. The second-order valence-corrected chi connectivity index (χ2v) is 5.00. The van der Waals surface area contributed by atoms with E-state index in [1.807, 2.05) is 0 Å². The Hall–Kier alpha value is -1.85. The second kappa shape index (κ2) is 9.15. The summed E-state index contributed by atoms with van der Waals surface area (Å²) >= 11 is 0. The Morgan fingerprint density at radius 3 is 2.52 bits per heavy atom. The molecule has 1 heterocycles. The summed E-state index contributed by atoms with van der Waals surface area (Å²) in [7, 11) is 0. The molecule has 1 saturated heterocycles. The van der Waals surface area contributed by atoms with Crippen LogP contribution in [-0.2, 0) is 19.1 Å². The molecule has 2 amide bonds. The van der Waals surface area contributed by atoms with Crippen molar-refractivity contribution in [2.24, 2.45) is 5.92 Å². The van der Waals surface area contributed by atoms with E-state index >= 15 is 0 Å². The lowest BCUT2D eigenvalue weighted by molar-refractivity contribution is -0.151. The number of carbonyl (C=O) groups excluding carboxylic acids is 3. The van der Waals surface area contributed by atoms with E-state index < -0.39 is 0 Å². The van der Waals surface area contributed by atoms with Crippen molar-refractivity contribution in [3.8, 4) is 0 Å². The van der Waals surface area contributed by atoms with E-state index in [0.29, 0.717) is 39.1 Å². The van der Waals surface area contributed by atoms with Crippen LogP contribution in [0.25, 0.3) is 0 Å². The van der Waals surface area contributed by atoms with Crippen LogP contribution in [0, 0.1) is 5.92 Å². The lowest BCUT2D eigenvalue weighted by Crippen LogP contribution is -2.41. The minimum absolute atomic E-state index is 0.0361. The maximum atomic E-state index is 12.0. The molecule has 0 unspecified atom stereocenters. The van der Waals surface area contributed by atoms with E-state index in [2.05, 4.69) is 11.9 Å². The van der Waals surface area contributed by atoms with Gasteiger partial charge in [0.05, 0.1) is 12.5 Å². The number of ether oxygens (including phenoxy) is 1. The van der Waals surface area contributed by atoms with Gasteiger partial charge in [-0.1, -0.05) is 6.08 Å². The molecule has 118 valence electrons. The van der Waals surface area contributed by atoms with E-state index in [1.54, 1.807) is 17.9 Å². The third-order valence-electron chi connectivity index (χ3n) is 3.48. The van der Waals surface area contributed by atoms with Crippen molar-refractivity contribution < 1.29 is 19.1 Å². The van der Waals surface area contributed by atoms with Gasteiger partial charge in [-0.25, -0.2) is 0 Å². The summed E-state index contributed by atoms with van der Waals surface area (Å²) in [5.41, 5.74) is 0. The predicted octanol–water partition coefficient (Wildman–Crippen LogP) is 0.870. The van der Waals surface area contributed by atoms with Gasteiger partial charge in [-0.3, -0.25) is 14.4 Å². The quantitative estimate of drug-likeness (QED) is 0.559. The molecule has 1 fully saturated rings. The first-order valence-electron chi connectivity index (χ1n) is 7.40. The van der Waals surface area contributed by atoms with Gasteiger partial charge in [0.1, 0.15) is 0 Å². The molecule has 6 nitrogen and oxygen atoms in total. The molecule has 1 aliphatic rings. The molecule has 0 spiro atoms. The molecule has 1 rings (SSSR count). The first kappa shape index (κ1) is 17.2. The molecule has 0 aromatic heterocycles. The highest BCUT2D eigenvalue weighted by Crippen LogP contribution is 2.19. The Balaban J connectivity index is 2.27. The van der Waals surface area contributed by atoms with Crippen LogP contribution in [0.15, 0.2) is 12.7 Å². The van der Waals surface area contributed by atoms with Gasteiger partial charge >= 0.3 is 5.97 Å². The Morgan fingerprint density at radius 1 is 1.29 bits per heavy atom. The number of rotatable bonds is 7. The van der Waals surface area contributed by atoms with Crippen LogP contribution in [0.2, 0.25) is 0 Å². The number of amides is 2. The van der Waals surface area contributed by atoms with Gasteiger partial charge in [0, 0.05) is 32.5 Å². The zero-order chi connectivity index (χ0) is 15.7. The number of likely N-dealkylation sites (tertiary alicyclic amines) is 1. The van der Waals surface area contributed by atoms with Crippen molar-refractivity contribution in [1.29, 1.82) is 0 Å². The van der Waals surface area contributed by atoms with Crippen LogP contribution in [-0.4, -0.2) is 48.9 Å². The van der Waals surface area contributed by atoms with Gasteiger partial charge in [0.2, 0.25) is 11.8 Å². The maximum absolute atomic E-state index is 12.0. The van der Waals surface area contributed by atoms with E-state index in [1.165, 1.54) is 0 Å². The Bertz CT molecular complexity index is 387. The average Bonchev–Trinajstić information content (AvgIpc) is 2.51. The Labute approximate surface area is 125 Å². The standard InChI is InChI=1S/C15H24N2O4/c1-3-9-16-13(18)5-6-14(19)17-10-7-12(8-11-17)15(20)21-4-2/h3,12H,1,4-11H2,2H3,(H,16,18). The van der Waals surface area contributed by atoms with Crippen molar-refractivity contribution in [3.05, 3.63) is 12.7 Å². The molecule has 0 saturated carbocycles. The number of hydrogen-bond acceptors (Lipinski definition) is 4. The summed E-state index contributed by atoms with van der Waals surface area (Å²) < 4.78 is 4.99. The number of nitrogens with one attached hydrogen (secondary N) is 1. The zero-order valence-corrected chi connectivity index (χ0v) is 12.6. The number of piperidine rings is 1. The summed E-state index contributed by atoms with van der Waals surface area (Å²) in [5, 5.41) is 2.64. The van der Waals surface area contributed by atoms with Gasteiger partial charge in [0.25, 0.3) is 0 Å². The monoisotopic (exact) mass is 296 g/mol. The van der Waals surface area contributed by atoms with Gasteiger partial charge in [-0.15, -0.1) is 6.58 Å². The van der Waals surface area contributed by atoms with E-state index in [9.17, 15) is 14.4 Å². The fourth-order valence-electron chi connectivity index (χ4n) is 2.28. The van der Waals surface area contributed by atoms with E-state index in [-0.39, 0.29) is 36.5 Å². The summed E-state index contributed by atoms with van der Waals surface area (Å²) in [6, 6.07) is 0. The molecule has 0 aliphatic carbocycles. The molecule has 0 aromatic carbocycles. The Kier molecular flexibility index (Phi) is 7.50. The van der Waals surface area contributed by atoms with Crippen molar-refractivity contribution in [2.75, 3.05) is 26.2 Å². The van der Waals surface area contributed by atoms with Crippen molar-refractivity contribution in [3.63, 3.8) is 0 Å². The van der Waals surface area contributed by atoms with Crippen molar-refractivity contribution in [2.45, 2.75) is 32.6 Å². The highest BCUT2D eigenvalue weighted by molar-refractivity contribution is 5.84. The molecule has 0 bridgehead atoms. The topological polar surface area (TPSA) is 75.7 Å². The molecule has 0 radical (unpaired) electrons. The Morgan fingerprint density at radius 2 is 1.95 bits per heavy atom. The van der Waals surface area contributed by atoms with Crippen LogP contribution >= 0.6 is 0 Å². The van der Waals surface area contributed by atoms with Gasteiger partial charge in [-0.05, 0) is 19.8 Å². The fourth-order valence-corrected chi connectivity index (χ4v) is 2.28. The first-order valence-corrected chi connectivity index (χ1v) is 7.40. The number of hydrogen-bond donors (Lipinski definition) is 1. The number of nitrogens with zero attached hydrogens (tertiary/aromatic N) is 1. The van der Waals surface area contributed by atoms with E-state index in [0.717, 1.165) is 0 Å². The fraction of sp³-hybridized carbons (Fsp3) is 0.667. The second-order valence-electron chi connectivity index (χ2n) is 5.00. The van der Waals surface area contributed by atoms with Crippen LogP contribution in [0.3, 0.4) is 0 Å². The van der Waals surface area contributed by atoms with Crippen molar-refractivity contribution in [1.82, 2.24) is 10.2 Å². The lowest BCUT2D eigenvalue weighted by atomic mass is 9.96. The van der Waals surface area contributed by atoms with Crippen LogP contribution in [0.4, 0.5) is 0 Å². The highest BCUT2D eigenvalue weighted by Gasteiger charge is 2.28. The van der Waals surface area contributed by atoms with Crippen LogP contribution < -0.4 is 5.32 Å². The van der Waals surface area contributed by atoms with Crippen LogP contribution in [0.5, 0.6) is 0 Å². The number of carbonyl (C=O) groups is 3. The van der Waals surface area contributed by atoms with Gasteiger partial charge < -0.3 is 15.0 Å². The molecule has 0 aromatic rings. The first-order chi connectivity index (χ1) is 10.1. The highest BCUT2D eigenvalue weighted by atomic mass is 16.5. The third kappa shape index (κ3) is 5.97. The average molecular weight is 296 g/mol. The summed E-state index contributed by atoms with van der Waals surface area (Å²) in [5.74, 6) is -0.464. The smallest absolute Gasteiger partial charge is 0.309 e. The molecule has 21 heavy (non-hydrogen) atoms. The van der Waals surface area contributed by atoms with Crippen LogP contribution in [0.1, 0.15) is 32.6 Å². The molecule has 6 heteroatoms. The third-order valence-corrected chi connectivity index (χ3v) is 3.48. The molecule has 1 N–H and O–H groups in total. The normalized spacial score (nSPS) is 15.4. The minimum atomic E-state index is -0.173.